The van der Waals surface area contributed by atoms with Gasteiger partial charge in [0.15, 0.2) is 0 Å². The largest absolute Gasteiger partial charge is 0.355 e. The molecule has 3 aromatic rings. The molecule has 1 aromatic carbocycles. The number of fused-ring (bicyclic) bond motifs is 1. The number of nitrogens with one attached hydrogen (secondary N) is 1. The number of nitrogens with zero attached hydrogens (tertiary/aromatic N) is 4. The summed E-state index contributed by atoms with van der Waals surface area (Å²) in [5.41, 5.74) is 2.62. The Balaban J connectivity index is 2.12. The van der Waals surface area contributed by atoms with Gasteiger partial charge in [0.1, 0.15) is 12.1 Å². The molecule has 1 amide bonds. The van der Waals surface area contributed by atoms with Gasteiger partial charge in [-0.05, 0) is 31.9 Å². The summed E-state index contributed by atoms with van der Waals surface area (Å²) in [5.74, 6) is -0.225. The molecular weight excluding hydrogens is 318 g/mol. The summed E-state index contributed by atoms with van der Waals surface area (Å²) >= 11 is 0. The van der Waals surface area contributed by atoms with Gasteiger partial charge >= 0.3 is 0 Å². The summed E-state index contributed by atoms with van der Waals surface area (Å²) in [6.07, 6.45) is 2.49. The number of hydrogen-bond donors (Lipinski definition) is 1. The Morgan fingerprint density at radius 1 is 1.24 bits per heavy atom. The van der Waals surface area contributed by atoms with Crippen molar-refractivity contribution in [2.24, 2.45) is 0 Å². The van der Waals surface area contributed by atoms with E-state index in [4.69, 9.17) is 0 Å². The number of hydrogen-bond acceptors (Lipinski definition) is 4. The van der Waals surface area contributed by atoms with Crippen molar-refractivity contribution in [3.05, 3.63) is 52.1 Å². The molecule has 25 heavy (non-hydrogen) atoms. The fraction of sp³-hybridized carbons (Fsp3) is 0.333. The first kappa shape index (κ1) is 16.9. The van der Waals surface area contributed by atoms with Crippen molar-refractivity contribution in [3.63, 3.8) is 0 Å². The first-order valence-electron chi connectivity index (χ1n) is 8.31. The zero-order valence-corrected chi connectivity index (χ0v) is 14.6. The minimum Gasteiger partial charge on any atom is -0.355 e. The first-order valence-corrected chi connectivity index (χ1v) is 8.31. The first-order chi connectivity index (χ1) is 12.0. The number of para-hydroxylation sites is 1. The average Bonchev–Trinajstić information content (AvgIpc) is 3.03. The number of carbonyl (C=O) groups is 1. The summed E-state index contributed by atoms with van der Waals surface area (Å²) < 4.78 is 2.83. The minimum absolute atomic E-state index is 0.103. The highest BCUT2D eigenvalue weighted by Gasteiger charge is 2.17. The monoisotopic (exact) mass is 339 g/mol. The Kier molecular flexibility index (Phi) is 4.65. The molecule has 3 rings (SSSR count). The quantitative estimate of drug-likeness (QED) is 0.767. The summed E-state index contributed by atoms with van der Waals surface area (Å²) in [5, 5.41) is 12.1. The highest BCUT2D eigenvalue weighted by Crippen LogP contribution is 2.19. The molecule has 0 aliphatic carbocycles. The van der Waals surface area contributed by atoms with Crippen LogP contribution in [-0.4, -0.2) is 32.0 Å². The smallest absolute Gasteiger partial charge is 0.293 e. The van der Waals surface area contributed by atoms with E-state index in [9.17, 15) is 9.59 Å². The maximum absolute atomic E-state index is 12.9. The van der Waals surface area contributed by atoms with Gasteiger partial charge in [-0.3, -0.25) is 9.59 Å². The molecule has 0 aliphatic heterocycles. The predicted molar refractivity (Wildman–Crippen MR) is 95.9 cm³/mol. The highest BCUT2D eigenvalue weighted by atomic mass is 16.2. The molecule has 0 atom stereocenters. The second-order valence-corrected chi connectivity index (χ2v) is 6.00. The average molecular weight is 339 g/mol. The third-order valence-electron chi connectivity index (χ3n) is 4.08. The maximum atomic E-state index is 12.9. The molecule has 130 valence electrons. The van der Waals surface area contributed by atoms with E-state index in [1.807, 2.05) is 45.0 Å². The molecule has 1 N–H and O–H groups in total. The van der Waals surface area contributed by atoms with Crippen LogP contribution < -0.4 is 10.9 Å². The summed E-state index contributed by atoms with van der Waals surface area (Å²) in [7, 11) is 0. The van der Waals surface area contributed by atoms with E-state index in [2.05, 4.69) is 15.5 Å². The van der Waals surface area contributed by atoms with E-state index in [0.29, 0.717) is 23.1 Å². The molecular formula is C18H21N5O2. The molecule has 7 heteroatoms. The molecule has 0 radical (unpaired) electrons. The van der Waals surface area contributed by atoms with Gasteiger partial charge in [0.2, 0.25) is 5.91 Å². The van der Waals surface area contributed by atoms with Crippen LogP contribution in [0.3, 0.4) is 0 Å². The number of amides is 1. The number of rotatable bonds is 5. The van der Waals surface area contributed by atoms with E-state index in [1.54, 1.807) is 10.9 Å². The van der Waals surface area contributed by atoms with Crippen molar-refractivity contribution in [2.45, 2.75) is 33.7 Å². The summed E-state index contributed by atoms with van der Waals surface area (Å²) in [4.78, 5) is 24.9. The van der Waals surface area contributed by atoms with Gasteiger partial charge in [-0.2, -0.15) is 10.2 Å². The van der Waals surface area contributed by atoms with Gasteiger partial charge in [-0.1, -0.05) is 25.1 Å². The molecule has 2 heterocycles. The standard InChI is InChI=1S/C18H21N5O2/c1-4-9-19-16(24)11-22-18(25)17-14(13(3)21-22)10-20-23(17)15-8-6-5-7-12(15)2/h5-8,10H,4,9,11H2,1-3H3,(H,19,24). The molecule has 2 aromatic heterocycles. The van der Waals surface area contributed by atoms with Crippen molar-refractivity contribution in [1.82, 2.24) is 24.9 Å². The fourth-order valence-corrected chi connectivity index (χ4v) is 2.77. The van der Waals surface area contributed by atoms with Gasteiger partial charge in [-0.15, -0.1) is 0 Å². The van der Waals surface area contributed by atoms with E-state index < -0.39 is 0 Å². The van der Waals surface area contributed by atoms with E-state index in [1.165, 1.54) is 4.68 Å². The third kappa shape index (κ3) is 3.17. The molecule has 0 spiro atoms. The van der Waals surface area contributed by atoms with E-state index >= 15 is 0 Å². The second-order valence-electron chi connectivity index (χ2n) is 6.00. The van der Waals surface area contributed by atoms with Gasteiger partial charge in [-0.25, -0.2) is 9.36 Å². The van der Waals surface area contributed by atoms with Crippen LogP contribution in [0.25, 0.3) is 16.6 Å². The maximum Gasteiger partial charge on any atom is 0.293 e. The van der Waals surface area contributed by atoms with Gasteiger partial charge < -0.3 is 5.32 Å². The van der Waals surface area contributed by atoms with Gasteiger partial charge in [0, 0.05) is 11.9 Å². The van der Waals surface area contributed by atoms with Crippen molar-refractivity contribution in [1.29, 1.82) is 0 Å². The summed E-state index contributed by atoms with van der Waals surface area (Å²) in [6, 6.07) is 7.72. The molecule has 0 fully saturated rings. The minimum atomic E-state index is -0.326. The Morgan fingerprint density at radius 3 is 2.72 bits per heavy atom. The Hall–Kier alpha value is -2.96. The van der Waals surface area contributed by atoms with Crippen LogP contribution in [0.1, 0.15) is 24.6 Å². The van der Waals surface area contributed by atoms with E-state index in [-0.39, 0.29) is 18.0 Å². The van der Waals surface area contributed by atoms with Gasteiger partial charge in [0.05, 0.1) is 17.6 Å². The Labute approximate surface area is 145 Å². The molecule has 0 unspecified atom stereocenters. The zero-order chi connectivity index (χ0) is 18.0. The molecule has 0 saturated heterocycles. The van der Waals surface area contributed by atoms with Crippen LogP contribution in [0, 0.1) is 13.8 Å². The fourth-order valence-electron chi connectivity index (χ4n) is 2.77. The molecule has 7 nitrogen and oxygen atoms in total. The van der Waals surface area contributed by atoms with Crippen molar-refractivity contribution < 1.29 is 4.79 Å². The van der Waals surface area contributed by atoms with Crippen LogP contribution >= 0.6 is 0 Å². The Morgan fingerprint density at radius 2 is 2.00 bits per heavy atom. The Bertz CT molecular complexity index is 987. The lowest BCUT2D eigenvalue weighted by Gasteiger charge is -2.10. The highest BCUT2D eigenvalue weighted by molar-refractivity contribution is 5.82. The van der Waals surface area contributed by atoms with Crippen LogP contribution in [0.15, 0.2) is 35.3 Å². The van der Waals surface area contributed by atoms with Crippen molar-refractivity contribution in [3.8, 4) is 5.69 Å². The van der Waals surface area contributed by atoms with Crippen molar-refractivity contribution >= 4 is 16.8 Å². The van der Waals surface area contributed by atoms with Crippen LogP contribution in [0.4, 0.5) is 0 Å². The number of carbonyl (C=O) groups excluding carboxylic acids is 1. The molecule has 0 saturated carbocycles. The van der Waals surface area contributed by atoms with E-state index in [0.717, 1.165) is 17.7 Å². The lowest BCUT2D eigenvalue weighted by molar-refractivity contribution is -0.121. The van der Waals surface area contributed by atoms with Crippen LogP contribution in [-0.2, 0) is 11.3 Å². The number of aryl methyl sites for hydroxylation is 2. The molecule has 0 aliphatic rings. The normalized spacial score (nSPS) is 11.0. The molecule has 0 bridgehead atoms. The number of aromatic nitrogens is 4. The topological polar surface area (TPSA) is 81.8 Å². The van der Waals surface area contributed by atoms with Crippen LogP contribution in [0.2, 0.25) is 0 Å². The van der Waals surface area contributed by atoms with Gasteiger partial charge in [0.25, 0.3) is 5.56 Å². The lowest BCUT2D eigenvalue weighted by Crippen LogP contribution is -2.34. The zero-order valence-electron chi connectivity index (χ0n) is 14.6. The van der Waals surface area contributed by atoms with Crippen molar-refractivity contribution in [2.75, 3.05) is 6.54 Å². The lowest BCUT2D eigenvalue weighted by atomic mass is 10.2. The van der Waals surface area contributed by atoms with Crippen LogP contribution in [0.5, 0.6) is 0 Å². The predicted octanol–water partition coefficient (Wildman–Crippen LogP) is 1.73. The number of benzene rings is 1. The third-order valence-corrected chi connectivity index (χ3v) is 4.08. The summed E-state index contributed by atoms with van der Waals surface area (Å²) in [6.45, 7) is 6.23. The second kappa shape index (κ2) is 6.88. The SMILES string of the molecule is CCCNC(=O)Cn1nc(C)c2cnn(-c3ccccc3C)c2c1=O.